The third kappa shape index (κ3) is 4.49. The van der Waals surface area contributed by atoms with Gasteiger partial charge in [0.1, 0.15) is 0 Å². The standard InChI is InChI=1S/C10H22N2O2S/c1-10-9-15(13,14)8-7-12(10)6-4-2-3-5-11/h10H,2-9,11H2,1H3. The van der Waals surface area contributed by atoms with E-state index in [1.54, 1.807) is 0 Å². The number of sulfone groups is 1. The molecule has 0 bridgehead atoms. The first-order valence-corrected chi connectivity index (χ1v) is 7.52. The largest absolute Gasteiger partial charge is 0.330 e. The summed E-state index contributed by atoms with van der Waals surface area (Å²) in [5.74, 6) is 0.651. The smallest absolute Gasteiger partial charge is 0.153 e. The van der Waals surface area contributed by atoms with Crippen LogP contribution in [-0.2, 0) is 9.84 Å². The minimum atomic E-state index is -2.76. The van der Waals surface area contributed by atoms with E-state index in [4.69, 9.17) is 5.73 Å². The molecule has 5 heteroatoms. The zero-order chi connectivity index (χ0) is 11.3. The van der Waals surface area contributed by atoms with Crippen molar-refractivity contribution in [3.63, 3.8) is 0 Å². The molecule has 0 spiro atoms. The summed E-state index contributed by atoms with van der Waals surface area (Å²) in [6.45, 7) is 4.46. The average Bonchev–Trinajstić information content (AvgIpc) is 2.14. The number of nitrogens with zero attached hydrogens (tertiary/aromatic N) is 1. The highest BCUT2D eigenvalue weighted by atomic mass is 32.2. The predicted molar refractivity (Wildman–Crippen MR) is 62.6 cm³/mol. The van der Waals surface area contributed by atoms with E-state index in [9.17, 15) is 8.42 Å². The number of hydrogen-bond donors (Lipinski definition) is 1. The van der Waals surface area contributed by atoms with Gasteiger partial charge in [0.25, 0.3) is 0 Å². The van der Waals surface area contributed by atoms with E-state index in [-0.39, 0.29) is 6.04 Å². The third-order valence-electron chi connectivity index (χ3n) is 2.96. The molecule has 15 heavy (non-hydrogen) atoms. The van der Waals surface area contributed by atoms with Crippen molar-refractivity contribution in [2.75, 3.05) is 31.1 Å². The fourth-order valence-corrected chi connectivity index (χ4v) is 3.63. The molecule has 1 atom stereocenters. The SMILES string of the molecule is CC1CS(=O)(=O)CCN1CCCCCN. The molecule has 1 heterocycles. The van der Waals surface area contributed by atoms with Crippen LogP contribution < -0.4 is 5.73 Å². The van der Waals surface area contributed by atoms with Gasteiger partial charge in [-0.15, -0.1) is 0 Å². The van der Waals surface area contributed by atoms with Crippen LogP contribution in [0.1, 0.15) is 26.2 Å². The minimum Gasteiger partial charge on any atom is -0.330 e. The van der Waals surface area contributed by atoms with Crippen molar-refractivity contribution in [1.29, 1.82) is 0 Å². The average molecular weight is 234 g/mol. The van der Waals surface area contributed by atoms with E-state index in [0.29, 0.717) is 18.1 Å². The minimum absolute atomic E-state index is 0.182. The van der Waals surface area contributed by atoms with Gasteiger partial charge in [0, 0.05) is 12.6 Å². The lowest BCUT2D eigenvalue weighted by Crippen LogP contribution is -2.47. The van der Waals surface area contributed by atoms with Crippen molar-refractivity contribution >= 4 is 9.84 Å². The van der Waals surface area contributed by atoms with Gasteiger partial charge in [0.15, 0.2) is 9.84 Å². The summed E-state index contributed by atoms with van der Waals surface area (Å²) in [5, 5.41) is 0. The van der Waals surface area contributed by atoms with Crippen LogP contribution in [0.2, 0.25) is 0 Å². The van der Waals surface area contributed by atoms with Crippen LogP contribution >= 0.6 is 0 Å². The van der Waals surface area contributed by atoms with Crippen molar-refractivity contribution in [2.45, 2.75) is 32.2 Å². The number of rotatable bonds is 5. The first-order valence-electron chi connectivity index (χ1n) is 5.70. The van der Waals surface area contributed by atoms with Crippen LogP contribution in [0.15, 0.2) is 0 Å². The van der Waals surface area contributed by atoms with Crippen molar-refractivity contribution in [1.82, 2.24) is 4.90 Å². The molecule has 1 unspecified atom stereocenters. The second-order valence-corrected chi connectivity index (χ2v) is 6.58. The predicted octanol–water partition coefficient (Wildman–Crippen LogP) is 0.234. The van der Waals surface area contributed by atoms with Gasteiger partial charge in [-0.1, -0.05) is 6.42 Å². The highest BCUT2D eigenvalue weighted by Gasteiger charge is 2.27. The maximum absolute atomic E-state index is 11.3. The summed E-state index contributed by atoms with van der Waals surface area (Å²) in [5.41, 5.74) is 5.42. The molecule has 1 fully saturated rings. The van der Waals surface area contributed by atoms with E-state index in [2.05, 4.69) is 4.90 Å². The lowest BCUT2D eigenvalue weighted by Gasteiger charge is -2.33. The molecule has 1 aliphatic rings. The van der Waals surface area contributed by atoms with Gasteiger partial charge in [-0.2, -0.15) is 0 Å². The Labute approximate surface area is 92.7 Å². The molecule has 4 nitrogen and oxygen atoms in total. The molecule has 0 amide bonds. The Hall–Kier alpha value is -0.130. The molecule has 0 saturated carbocycles. The Kier molecular flexibility index (Phi) is 5.02. The first kappa shape index (κ1) is 12.9. The molecule has 0 aromatic heterocycles. The number of unbranched alkanes of at least 4 members (excludes halogenated alkanes) is 2. The van der Waals surface area contributed by atoms with Gasteiger partial charge in [0.05, 0.1) is 11.5 Å². The Morgan fingerprint density at radius 1 is 1.33 bits per heavy atom. The fraction of sp³-hybridized carbons (Fsp3) is 1.00. The normalized spacial score (nSPS) is 26.7. The number of nitrogens with two attached hydrogens (primary N) is 1. The highest BCUT2D eigenvalue weighted by Crippen LogP contribution is 2.12. The van der Waals surface area contributed by atoms with Crippen LogP contribution in [0, 0.1) is 0 Å². The molecule has 0 radical (unpaired) electrons. The lowest BCUT2D eigenvalue weighted by atomic mass is 10.2. The van der Waals surface area contributed by atoms with E-state index >= 15 is 0 Å². The number of hydrogen-bond acceptors (Lipinski definition) is 4. The highest BCUT2D eigenvalue weighted by molar-refractivity contribution is 7.91. The Balaban J connectivity index is 2.26. The Bertz CT molecular complexity index is 277. The van der Waals surface area contributed by atoms with E-state index in [0.717, 1.165) is 32.4 Å². The summed E-state index contributed by atoms with van der Waals surface area (Å²) in [6.07, 6.45) is 3.34. The zero-order valence-electron chi connectivity index (χ0n) is 9.48. The maximum Gasteiger partial charge on any atom is 0.153 e. The van der Waals surface area contributed by atoms with Crippen molar-refractivity contribution in [3.05, 3.63) is 0 Å². The molecule has 1 rings (SSSR count). The molecule has 0 aromatic rings. The van der Waals surface area contributed by atoms with Crippen LogP contribution in [0.3, 0.4) is 0 Å². The van der Waals surface area contributed by atoms with Crippen LogP contribution in [0.5, 0.6) is 0 Å². The van der Waals surface area contributed by atoms with Gasteiger partial charge >= 0.3 is 0 Å². The summed E-state index contributed by atoms with van der Waals surface area (Å²) < 4.78 is 22.7. The van der Waals surface area contributed by atoms with Crippen molar-refractivity contribution in [2.24, 2.45) is 5.73 Å². The molecule has 1 aliphatic heterocycles. The topological polar surface area (TPSA) is 63.4 Å². The third-order valence-corrected chi connectivity index (χ3v) is 4.75. The van der Waals surface area contributed by atoms with Gasteiger partial charge in [-0.25, -0.2) is 8.42 Å². The summed E-state index contributed by atoms with van der Waals surface area (Å²) in [4.78, 5) is 2.28. The van der Waals surface area contributed by atoms with Crippen molar-refractivity contribution in [3.8, 4) is 0 Å². The van der Waals surface area contributed by atoms with Gasteiger partial charge in [0.2, 0.25) is 0 Å². The molecule has 90 valence electrons. The summed E-state index contributed by atoms with van der Waals surface area (Å²) in [7, 11) is -2.76. The molecule has 1 saturated heterocycles. The van der Waals surface area contributed by atoms with E-state index in [1.807, 2.05) is 6.92 Å². The molecule has 0 aliphatic carbocycles. The quantitative estimate of drug-likeness (QED) is 0.692. The van der Waals surface area contributed by atoms with E-state index < -0.39 is 9.84 Å². The molecule has 2 N–H and O–H groups in total. The zero-order valence-corrected chi connectivity index (χ0v) is 10.3. The maximum atomic E-state index is 11.3. The molecule has 0 aromatic carbocycles. The Morgan fingerprint density at radius 2 is 2.07 bits per heavy atom. The molecular weight excluding hydrogens is 212 g/mol. The summed E-state index contributed by atoms with van der Waals surface area (Å²) in [6, 6.07) is 0.182. The van der Waals surface area contributed by atoms with Crippen LogP contribution in [0.4, 0.5) is 0 Å². The van der Waals surface area contributed by atoms with Crippen LogP contribution in [0.25, 0.3) is 0 Å². The van der Waals surface area contributed by atoms with Gasteiger partial charge in [-0.05, 0) is 32.9 Å². The van der Waals surface area contributed by atoms with Crippen molar-refractivity contribution < 1.29 is 8.42 Å². The monoisotopic (exact) mass is 234 g/mol. The fourth-order valence-electron chi connectivity index (χ4n) is 2.00. The van der Waals surface area contributed by atoms with Gasteiger partial charge < -0.3 is 5.73 Å². The Morgan fingerprint density at radius 3 is 2.67 bits per heavy atom. The lowest BCUT2D eigenvalue weighted by molar-refractivity contribution is 0.222. The van der Waals surface area contributed by atoms with E-state index in [1.165, 1.54) is 0 Å². The second-order valence-electron chi connectivity index (χ2n) is 4.35. The molecular formula is C10H22N2O2S. The first-order chi connectivity index (χ1) is 7.05. The summed E-state index contributed by atoms with van der Waals surface area (Å²) >= 11 is 0. The van der Waals surface area contributed by atoms with Crippen LogP contribution in [-0.4, -0.2) is 50.5 Å². The van der Waals surface area contributed by atoms with Gasteiger partial charge in [-0.3, -0.25) is 4.90 Å². The second kappa shape index (κ2) is 5.82.